The molecular weight excluding hydrogens is 272 g/mol. The van der Waals surface area contributed by atoms with E-state index in [1.165, 1.54) is 6.92 Å². The third-order valence-electron chi connectivity index (χ3n) is 3.86. The molecule has 0 heterocycles. The Balaban J connectivity index is 2.64. The topological polar surface area (TPSA) is 61.8 Å². The lowest BCUT2D eigenvalue weighted by Crippen LogP contribution is -2.39. The second-order valence-corrected chi connectivity index (χ2v) is 5.89. The standard InChI is InChI=1S/C16H26O5/c1-11(2)14(17)20-13(4)15(18)21-16(8-6-7-9-16)10-12(3)19-5/h12-13H,1,6-10H2,2-5H3. The number of methoxy groups -OCH3 is 1. The predicted molar refractivity (Wildman–Crippen MR) is 78.7 cm³/mol. The fourth-order valence-corrected chi connectivity index (χ4v) is 2.58. The van der Waals surface area contributed by atoms with Gasteiger partial charge in [-0.05, 0) is 46.5 Å². The highest BCUT2D eigenvalue weighted by atomic mass is 16.6. The molecule has 1 fully saturated rings. The van der Waals surface area contributed by atoms with Crippen LogP contribution in [0.1, 0.15) is 52.9 Å². The molecule has 1 rings (SSSR count). The summed E-state index contributed by atoms with van der Waals surface area (Å²) in [6, 6.07) is 0. The van der Waals surface area contributed by atoms with Crippen molar-refractivity contribution in [1.29, 1.82) is 0 Å². The van der Waals surface area contributed by atoms with Gasteiger partial charge in [0.05, 0.1) is 6.10 Å². The first-order valence-electron chi connectivity index (χ1n) is 7.42. The van der Waals surface area contributed by atoms with Gasteiger partial charge in [-0.15, -0.1) is 0 Å². The second kappa shape index (κ2) is 7.59. The Kier molecular flexibility index (Phi) is 6.40. The summed E-state index contributed by atoms with van der Waals surface area (Å²) in [6.07, 6.45) is 3.47. The lowest BCUT2D eigenvalue weighted by molar-refractivity contribution is -0.178. The van der Waals surface area contributed by atoms with Gasteiger partial charge in [0.15, 0.2) is 6.10 Å². The molecule has 0 bridgehead atoms. The van der Waals surface area contributed by atoms with E-state index >= 15 is 0 Å². The minimum atomic E-state index is -0.926. The van der Waals surface area contributed by atoms with Gasteiger partial charge in [0.25, 0.3) is 0 Å². The average molecular weight is 298 g/mol. The minimum Gasteiger partial charge on any atom is -0.456 e. The van der Waals surface area contributed by atoms with E-state index in [4.69, 9.17) is 14.2 Å². The maximum Gasteiger partial charge on any atom is 0.347 e. The van der Waals surface area contributed by atoms with Gasteiger partial charge in [-0.25, -0.2) is 9.59 Å². The molecule has 5 heteroatoms. The molecule has 0 aromatic heterocycles. The van der Waals surface area contributed by atoms with Crippen molar-refractivity contribution in [2.24, 2.45) is 0 Å². The first-order chi connectivity index (χ1) is 9.79. The third kappa shape index (κ3) is 5.16. The summed E-state index contributed by atoms with van der Waals surface area (Å²) in [4.78, 5) is 23.6. The maximum atomic E-state index is 12.2. The van der Waals surface area contributed by atoms with Crippen molar-refractivity contribution in [1.82, 2.24) is 0 Å². The zero-order chi connectivity index (χ0) is 16.0. The van der Waals surface area contributed by atoms with E-state index in [2.05, 4.69) is 6.58 Å². The number of hydrogen-bond acceptors (Lipinski definition) is 5. The van der Waals surface area contributed by atoms with Crippen LogP contribution in [0.3, 0.4) is 0 Å². The van der Waals surface area contributed by atoms with Crippen molar-refractivity contribution >= 4 is 11.9 Å². The van der Waals surface area contributed by atoms with E-state index in [1.807, 2.05) is 6.92 Å². The van der Waals surface area contributed by atoms with Crippen molar-refractivity contribution in [3.8, 4) is 0 Å². The summed E-state index contributed by atoms with van der Waals surface area (Å²) in [7, 11) is 1.65. The number of hydrogen-bond donors (Lipinski definition) is 0. The quantitative estimate of drug-likeness (QED) is 0.534. The van der Waals surface area contributed by atoms with Crippen LogP contribution in [-0.4, -0.2) is 36.9 Å². The number of ether oxygens (including phenoxy) is 3. The Hall–Kier alpha value is -1.36. The van der Waals surface area contributed by atoms with Crippen LogP contribution in [0.15, 0.2) is 12.2 Å². The smallest absolute Gasteiger partial charge is 0.347 e. The summed E-state index contributed by atoms with van der Waals surface area (Å²) in [6.45, 7) is 8.51. The summed E-state index contributed by atoms with van der Waals surface area (Å²) in [5.41, 5.74) is -0.227. The van der Waals surface area contributed by atoms with Gasteiger partial charge in [-0.3, -0.25) is 0 Å². The molecule has 0 radical (unpaired) electrons. The Morgan fingerprint density at radius 2 is 1.81 bits per heavy atom. The third-order valence-corrected chi connectivity index (χ3v) is 3.86. The Morgan fingerprint density at radius 1 is 1.24 bits per heavy atom. The average Bonchev–Trinajstić information content (AvgIpc) is 2.86. The number of rotatable bonds is 7. The summed E-state index contributed by atoms with van der Waals surface area (Å²) in [5.74, 6) is -1.08. The molecule has 1 aliphatic rings. The molecule has 0 saturated heterocycles. The maximum absolute atomic E-state index is 12.2. The van der Waals surface area contributed by atoms with Gasteiger partial charge < -0.3 is 14.2 Å². The van der Waals surface area contributed by atoms with Gasteiger partial charge >= 0.3 is 11.9 Å². The normalized spacial score (nSPS) is 19.6. The SMILES string of the molecule is C=C(C)C(=O)OC(C)C(=O)OC1(CC(C)OC)CCCC1. The Bertz CT molecular complexity index is 395. The van der Waals surface area contributed by atoms with E-state index in [-0.39, 0.29) is 11.7 Å². The molecule has 0 spiro atoms. The van der Waals surface area contributed by atoms with Crippen LogP contribution in [-0.2, 0) is 23.8 Å². The molecule has 2 unspecified atom stereocenters. The molecule has 5 nitrogen and oxygen atoms in total. The van der Waals surface area contributed by atoms with E-state index in [1.54, 1.807) is 14.0 Å². The second-order valence-electron chi connectivity index (χ2n) is 5.89. The first kappa shape index (κ1) is 17.7. The molecule has 0 aliphatic heterocycles. The van der Waals surface area contributed by atoms with E-state index in [9.17, 15) is 9.59 Å². The van der Waals surface area contributed by atoms with Crippen LogP contribution in [0.25, 0.3) is 0 Å². The van der Waals surface area contributed by atoms with E-state index in [0.29, 0.717) is 6.42 Å². The molecule has 21 heavy (non-hydrogen) atoms. The van der Waals surface area contributed by atoms with E-state index in [0.717, 1.165) is 25.7 Å². The lowest BCUT2D eigenvalue weighted by atomic mass is 9.94. The van der Waals surface area contributed by atoms with Crippen LogP contribution in [0, 0.1) is 0 Å². The fourth-order valence-electron chi connectivity index (χ4n) is 2.58. The number of carbonyl (C=O) groups excluding carboxylic acids is 2. The van der Waals surface area contributed by atoms with Gasteiger partial charge in [-0.1, -0.05) is 6.58 Å². The molecule has 120 valence electrons. The Morgan fingerprint density at radius 3 is 2.29 bits per heavy atom. The fraction of sp³-hybridized carbons (Fsp3) is 0.750. The molecule has 1 saturated carbocycles. The highest BCUT2D eigenvalue weighted by Crippen LogP contribution is 2.38. The molecule has 0 aromatic carbocycles. The van der Waals surface area contributed by atoms with Crippen LogP contribution in [0.2, 0.25) is 0 Å². The van der Waals surface area contributed by atoms with Gasteiger partial charge in [-0.2, -0.15) is 0 Å². The van der Waals surface area contributed by atoms with Gasteiger partial charge in [0, 0.05) is 19.1 Å². The summed E-state index contributed by atoms with van der Waals surface area (Å²) in [5, 5.41) is 0. The molecular formula is C16H26O5. The van der Waals surface area contributed by atoms with Crippen molar-refractivity contribution in [3.63, 3.8) is 0 Å². The highest BCUT2D eigenvalue weighted by molar-refractivity contribution is 5.89. The monoisotopic (exact) mass is 298 g/mol. The zero-order valence-corrected chi connectivity index (χ0v) is 13.4. The zero-order valence-electron chi connectivity index (χ0n) is 13.4. The minimum absolute atomic E-state index is 0.0178. The molecule has 1 aliphatic carbocycles. The number of esters is 2. The molecule has 0 N–H and O–H groups in total. The predicted octanol–water partition coefficient (Wildman–Crippen LogP) is 2.78. The molecule has 0 aromatic rings. The van der Waals surface area contributed by atoms with Crippen molar-refractivity contribution in [3.05, 3.63) is 12.2 Å². The van der Waals surface area contributed by atoms with Gasteiger partial charge in [0.2, 0.25) is 0 Å². The molecule has 2 atom stereocenters. The van der Waals surface area contributed by atoms with Crippen molar-refractivity contribution < 1.29 is 23.8 Å². The largest absolute Gasteiger partial charge is 0.456 e. The lowest BCUT2D eigenvalue weighted by Gasteiger charge is -2.32. The molecule has 0 amide bonds. The van der Waals surface area contributed by atoms with Crippen molar-refractivity contribution in [2.75, 3.05) is 7.11 Å². The van der Waals surface area contributed by atoms with Crippen LogP contribution < -0.4 is 0 Å². The highest BCUT2D eigenvalue weighted by Gasteiger charge is 2.40. The number of carbonyl (C=O) groups is 2. The first-order valence-corrected chi connectivity index (χ1v) is 7.42. The van der Waals surface area contributed by atoms with Crippen LogP contribution in [0.4, 0.5) is 0 Å². The Labute approximate surface area is 126 Å². The van der Waals surface area contributed by atoms with E-state index < -0.39 is 23.6 Å². The summed E-state index contributed by atoms with van der Waals surface area (Å²) >= 11 is 0. The summed E-state index contributed by atoms with van der Waals surface area (Å²) < 4.78 is 16.0. The van der Waals surface area contributed by atoms with Crippen LogP contribution >= 0.6 is 0 Å². The van der Waals surface area contributed by atoms with Gasteiger partial charge in [0.1, 0.15) is 5.60 Å². The van der Waals surface area contributed by atoms with Crippen LogP contribution in [0.5, 0.6) is 0 Å². The van der Waals surface area contributed by atoms with Crippen molar-refractivity contribution in [2.45, 2.75) is 70.7 Å².